The molecular formula is C14H24NO4PS3. The van der Waals surface area contributed by atoms with Gasteiger partial charge in [0.1, 0.15) is 0 Å². The zero-order chi connectivity index (χ0) is 29.4. The van der Waals surface area contributed by atoms with Gasteiger partial charge in [0.15, 0.2) is 0 Å². The fourth-order valence-corrected chi connectivity index (χ4v) is 6.33. The monoisotopic (exact) mass is 411 g/mol. The minimum atomic E-state index is -4.80. The van der Waals surface area contributed by atoms with Crippen LogP contribution in [0.5, 0.6) is 0 Å². The van der Waals surface area contributed by atoms with Crippen LogP contribution in [0, 0.1) is 0 Å². The van der Waals surface area contributed by atoms with E-state index in [9.17, 15) is 8.42 Å². The van der Waals surface area contributed by atoms with Gasteiger partial charge in [-0.05, 0) is 51.3 Å². The largest absolute Gasteiger partial charge is 0.319 e. The van der Waals surface area contributed by atoms with Crippen LogP contribution in [0.2, 0.25) is 0 Å². The molecule has 1 rings (SSSR count). The number of benzene rings is 1. The zero-order valence-electron chi connectivity index (χ0n) is 25.6. The first-order valence-corrected chi connectivity index (χ1v) is 11.6. The van der Waals surface area contributed by atoms with Gasteiger partial charge in [0, 0.05) is 28.7 Å². The van der Waals surface area contributed by atoms with Crippen molar-refractivity contribution < 1.29 is 36.7 Å². The summed E-state index contributed by atoms with van der Waals surface area (Å²) < 4.78 is 143. The maximum atomic E-state index is 12.4. The Labute approximate surface area is 168 Å². The van der Waals surface area contributed by atoms with Gasteiger partial charge in [-0.3, -0.25) is 0 Å². The Hall–Kier alpha value is 0.0500. The molecular weight excluding hydrogens is 373 g/mol. The van der Waals surface area contributed by atoms with Crippen molar-refractivity contribution in [2.75, 3.05) is 12.3 Å². The van der Waals surface area contributed by atoms with Gasteiger partial charge in [-0.15, -0.1) is 0 Å². The third kappa shape index (κ3) is 8.12. The molecule has 1 aromatic rings. The lowest BCUT2D eigenvalue weighted by Gasteiger charge is -2.25. The number of nitrogens with one attached hydrogen (secondary N) is 1. The van der Waals surface area contributed by atoms with Crippen LogP contribution in [-0.2, 0) is 30.9 Å². The Balaban J connectivity index is 3.41. The van der Waals surface area contributed by atoms with Crippen LogP contribution >= 0.6 is 17.1 Å². The van der Waals surface area contributed by atoms with Crippen LogP contribution < -0.4 is 4.72 Å². The molecule has 0 atom stereocenters. The Bertz CT molecular complexity index is 1000. The molecule has 132 valence electrons. The molecule has 1 aromatic carbocycles. The van der Waals surface area contributed by atoms with Gasteiger partial charge in [0.2, 0.25) is 15.7 Å². The van der Waals surface area contributed by atoms with Gasteiger partial charge in [-0.2, -0.15) is 0 Å². The molecule has 0 saturated carbocycles. The second-order valence-electron chi connectivity index (χ2n) is 3.83. The first-order valence-electron chi connectivity index (χ1n) is 12.9. The third-order valence-electron chi connectivity index (χ3n) is 2.10. The summed E-state index contributed by atoms with van der Waals surface area (Å²) in [5, 5.41) is 0. The van der Waals surface area contributed by atoms with Crippen LogP contribution in [0.1, 0.15) is 46.6 Å². The maximum Gasteiger partial charge on any atom is 0.247 e. The summed E-state index contributed by atoms with van der Waals surface area (Å²) in [7, 11) is -4.04. The lowest BCUT2D eigenvalue weighted by Crippen LogP contribution is -2.26. The molecule has 1 N–H and O–H groups in total. The van der Waals surface area contributed by atoms with E-state index >= 15 is 0 Å². The molecule has 0 aliphatic rings. The van der Waals surface area contributed by atoms with E-state index in [-0.39, 0.29) is 16.3 Å². The van der Waals surface area contributed by atoms with Gasteiger partial charge in [0.05, 0.1) is 19.8 Å². The van der Waals surface area contributed by atoms with E-state index in [1.54, 1.807) is 6.07 Å². The summed E-state index contributed by atoms with van der Waals surface area (Å²) in [4.78, 5) is -0.114. The van der Waals surface area contributed by atoms with Crippen molar-refractivity contribution in [3.05, 3.63) is 30.3 Å². The Morgan fingerprint density at radius 2 is 1.83 bits per heavy atom. The average molecular weight is 412 g/mol. The summed E-state index contributed by atoms with van der Waals surface area (Å²) in [6.45, 7) is -15.3. The van der Waals surface area contributed by atoms with Gasteiger partial charge in [-0.25, -0.2) is 13.1 Å². The van der Waals surface area contributed by atoms with Gasteiger partial charge < -0.3 is 9.05 Å². The quantitative estimate of drug-likeness (QED) is 0.467. The molecule has 0 saturated heterocycles. The van der Waals surface area contributed by atoms with E-state index in [0.717, 1.165) is 0 Å². The predicted molar refractivity (Wildman–Crippen MR) is 101 cm³/mol. The van der Waals surface area contributed by atoms with Crippen LogP contribution in [-0.4, -0.2) is 32.9 Å². The number of rotatable bonds is 10. The highest BCUT2D eigenvalue weighted by Gasteiger charge is 2.23. The molecule has 0 amide bonds. The van der Waals surface area contributed by atoms with Crippen molar-refractivity contribution in [1.29, 1.82) is 0 Å². The van der Waals surface area contributed by atoms with E-state index in [2.05, 4.69) is 4.72 Å². The standard InChI is InChI=1S/C14H24NO4PS3/c1-12(2)18-20(21,19-13(3)4)22-11-10-15-23(16,17)14-8-6-5-7-9-14/h5-9,12-13,15H,10-11H2,1-4H3/i1D3,2D3,3D3,4D3,12D,13D. The Kier molecular flexibility index (Phi) is 3.38. The van der Waals surface area contributed by atoms with Crippen molar-refractivity contribution in [3.63, 3.8) is 0 Å². The molecule has 0 unspecified atom stereocenters. The lowest BCUT2D eigenvalue weighted by atomic mass is 10.4. The Morgan fingerprint density at radius 1 is 1.26 bits per heavy atom. The summed E-state index contributed by atoms with van der Waals surface area (Å²) in [5.41, 5.74) is -4.80. The molecule has 0 radical (unpaired) electrons. The van der Waals surface area contributed by atoms with E-state index in [4.69, 9.17) is 40.0 Å². The minimum Gasteiger partial charge on any atom is -0.319 e. The fraction of sp³-hybridized carbons (Fsp3) is 0.571. The average Bonchev–Trinajstić information content (AvgIpc) is 2.68. The van der Waals surface area contributed by atoms with Crippen molar-refractivity contribution in [1.82, 2.24) is 4.72 Å². The maximum absolute atomic E-state index is 12.4. The fourth-order valence-electron chi connectivity index (χ4n) is 1.31. The lowest BCUT2D eigenvalue weighted by molar-refractivity contribution is 0.186. The second kappa shape index (κ2) is 9.51. The first-order chi connectivity index (χ1) is 16.2. The highest BCUT2D eigenvalue weighted by atomic mass is 32.9. The molecule has 0 aromatic heterocycles. The van der Waals surface area contributed by atoms with Crippen LogP contribution in [0.25, 0.3) is 0 Å². The van der Waals surface area contributed by atoms with E-state index in [1.165, 1.54) is 24.3 Å². The molecule has 0 bridgehead atoms. The summed E-state index contributed by atoms with van der Waals surface area (Å²) >= 11 is 5.28. The van der Waals surface area contributed by atoms with Crippen molar-refractivity contribution >= 4 is 38.9 Å². The Morgan fingerprint density at radius 3 is 2.35 bits per heavy atom. The van der Waals surface area contributed by atoms with Crippen LogP contribution in [0.4, 0.5) is 0 Å². The van der Waals surface area contributed by atoms with Crippen LogP contribution in [0.15, 0.2) is 35.2 Å². The van der Waals surface area contributed by atoms with Crippen LogP contribution in [0.3, 0.4) is 0 Å². The van der Waals surface area contributed by atoms with E-state index in [0.29, 0.717) is 0 Å². The number of hydrogen-bond donors (Lipinski definition) is 1. The molecule has 9 heteroatoms. The topological polar surface area (TPSA) is 64.6 Å². The van der Waals surface area contributed by atoms with E-state index < -0.39 is 67.6 Å². The highest BCUT2D eigenvalue weighted by Crippen LogP contribution is 2.62. The minimum absolute atomic E-state index is 0.114. The third-order valence-corrected chi connectivity index (χ3v) is 8.43. The van der Waals surface area contributed by atoms with Crippen molar-refractivity contribution in [2.45, 2.75) is 44.5 Å². The SMILES string of the molecule is [2H]C([2H])([2H])C([2H])(OP(=S)(OC([2H])(C([2H])([2H])[2H])C([2H])([2H])[2H])SCCNS(=O)(=O)c1ccccc1)C([2H])([2H])[2H]. The van der Waals surface area contributed by atoms with Gasteiger partial charge in [-0.1, -0.05) is 29.6 Å². The zero-order valence-corrected chi connectivity index (χ0v) is 14.9. The van der Waals surface area contributed by atoms with E-state index in [1.807, 2.05) is 0 Å². The first kappa shape index (κ1) is 8.16. The highest BCUT2D eigenvalue weighted by molar-refractivity contribution is 8.67. The summed E-state index contributed by atoms with van der Waals surface area (Å²) in [6, 6.07) is 7.06. The smallest absolute Gasteiger partial charge is 0.247 e. The molecule has 0 spiro atoms. The molecule has 0 fully saturated rings. The molecule has 23 heavy (non-hydrogen) atoms. The van der Waals surface area contributed by atoms with Gasteiger partial charge in [0.25, 0.3) is 0 Å². The molecule has 5 nitrogen and oxygen atoms in total. The molecule has 0 heterocycles. The van der Waals surface area contributed by atoms with Crippen molar-refractivity contribution in [2.24, 2.45) is 0 Å². The summed E-state index contributed by atoms with van der Waals surface area (Å²) in [6.07, 6.45) is -7.62. The summed E-state index contributed by atoms with van der Waals surface area (Å²) in [5.74, 6) is -0.473. The van der Waals surface area contributed by atoms with Gasteiger partial charge >= 0.3 is 0 Å². The normalized spacial score (nSPS) is 25.0. The predicted octanol–water partition coefficient (Wildman–Crippen LogP) is 3.77. The number of sulfonamides is 1. The number of hydrogen-bond acceptors (Lipinski definition) is 6. The molecule has 0 aliphatic heterocycles. The molecule has 0 aliphatic carbocycles. The van der Waals surface area contributed by atoms with Crippen molar-refractivity contribution in [3.8, 4) is 0 Å². The second-order valence-corrected chi connectivity index (χ2v) is 11.9.